The molecule has 1 aromatic heterocycles. The van der Waals surface area contributed by atoms with E-state index in [1.807, 2.05) is 18.7 Å². The van der Waals surface area contributed by atoms with E-state index in [1.165, 1.54) is 6.33 Å². The molecular weight excluding hydrogens is 212 g/mol. The van der Waals surface area contributed by atoms with Crippen molar-refractivity contribution in [1.82, 2.24) is 9.97 Å². The van der Waals surface area contributed by atoms with Crippen molar-refractivity contribution in [2.24, 2.45) is 0 Å². The third-order valence-electron chi connectivity index (χ3n) is 2.00. The lowest BCUT2D eigenvalue weighted by molar-refractivity contribution is 0.676. The molecule has 1 heterocycles. The molecule has 0 saturated carbocycles. The molecule has 0 fully saturated rings. The van der Waals surface area contributed by atoms with Gasteiger partial charge in [0.2, 0.25) is 0 Å². The summed E-state index contributed by atoms with van der Waals surface area (Å²) < 4.78 is 0. The Morgan fingerprint density at radius 2 is 2.27 bits per heavy atom. The Labute approximate surface area is 94.5 Å². The average molecular weight is 225 g/mol. The molecule has 0 spiro atoms. The molecule has 0 atom stereocenters. The number of anilines is 1. The Balaban J connectivity index is 2.84. The zero-order chi connectivity index (χ0) is 11.3. The number of hydrogen-bond donors (Lipinski definition) is 0. The van der Waals surface area contributed by atoms with E-state index in [4.69, 9.17) is 16.9 Å². The van der Waals surface area contributed by atoms with Crippen LogP contribution in [0, 0.1) is 11.3 Å². The van der Waals surface area contributed by atoms with E-state index in [2.05, 4.69) is 16.0 Å². The van der Waals surface area contributed by atoms with Crippen LogP contribution in [-0.2, 0) is 0 Å². The van der Waals surface area contributed by atoms with Crippen LogP contribution in [0.3, 0.4) is 0 Å². The van der Waals surface area contributed by atoms with Gasteiger partial charge in [0.25, 0.3) is 0 Å². The fourth-order valence-corrected chi connectivity index (χ4v) is 1.43. The van der Waals surface area contributed by atoms with E-state index in [1.54, 1.807) is 6.07 Å². The van der Waals surface area contributed by atoms with Crippen LogP contribution in [0.1, 0.15) is 20.3 Å². The van der Waals surface area contributed by atoms with E-state index in [-0.39, 0.29) is 6.04 Å². The number of aromatic nitrogens is 2. The van der Waals surface area contributed by atoms with Crippen LogP contribution in [0.25, 0.3) is 0 Å². The van der Waals surface area contributed by atoms with Crippen molar-refractivity contribution in [3.8, 4) is 6.07 Å². The molecule has 15 heavy (non-hydrogen) atoms. The molecule has 5 heteroatoms. The Kier molecular flexibility index (Phi) is 4.32. The van der Waals surface area contributed by atoms with E-state index in [0.29, 0.717) is 18.1 Å². The first-order valence-corrected chi connectivity index (χ1v) is 5.14. The molecule has 0 aliphatic heterocycles. The second-order valence-electron chi connectivity index (χ2n) is 3.39. The topological polar surface area (TPSA) is 52.8 Å². The van der Waals surface area contributed by atoms with Crippen LogP contribution in [0.4, 0.5) is 5.82 Å². The summed E-state index contributed by atoms with van der Waals surface area (Å²) in [5.41, 5.74) is 0. The van der Waals surface area contributed by atoms with Gasteiger partial charge in [-0.1, -0.05) is 11.6 Å². The average Bonchev–Trinajstić information content (AvgIpc) is 2.18. The minimum atomic E-state index is 0.282. The van der Waals surface area contributed by atoms with Gasteiger partial charge in [0, 0.05) is 18.7 Å². The fraction of sp³-hybridized carbons (Fsp3) is 0.500. The highest BCUT2D eigenvalue weighted by Gasteiger charge is 2.11. The Bertz CT molecular complexity index is 359. The van der Waals surface area contributed by atoms with Crippen LogP contribution in [0.2, 0.25) is 5.15 Å². The number of nitriles is 1. The van der Waals surface area contributed by atoms with Crippen molar-refractivity contribution < 1.29 is 0 Å². The summed E-state index contributed by atoms with van der Waals surface area (Å²) in [4.78, 5) is 9.98. The second kappa shape index (κ2) is 5.52. The fourth-order valence-electron chi connectivity index (χ4n) is 1.29. The van der Waals surface area contributed by atoms with Gasteiger partial charge in [-0.2, -0.15) is 5.26 Å². The van der Waals surface area contributed by atoms with Gasteiger partial charge < -0.3 is 4.90 Å². The minimum Gasteiger partial charge on any atom is -0.353 e. The molecule has 0 amide bonds. The van der Waals surface area contributed by atoms with Gasteiger partial charge in [-0.15, -0.1) is 0 Å². The van der Waals surface area contributed by atoms with E-state index in [0.717, 1.165) is 5.82 Å². The first kappa shape index (κ1) is 11.7. The lowest BCUT2D eigenvalue weighted by Crippen LogP contribution is -2.32. The zero-order valence-corrected chi connectivity index (χ0v) is 9.57. The number of halogens is 1. The standard InChI is InChI=1S/C10H13ClN4/c1-8(2)15(5-3-4-12)10-6-9(11)13-7-14-10/h6-8H,3,5H2,1-2H3. The van der Waals surface area contributed by atoms with Crippen molar-refractivity contribution in [3.05, 3.63) is 17.5 Å². The highest BCUT2D eigenvalue weighted by molar-refractivity contribution is 6.29. The molecule has 0 aliphatic carbocycles. The largest absolute Gasteiger partial charge is 0.353 e. The van der Waals surface area contributed by atoms with E-state index in [9.17, 15) is 0 Å². The first-order chi connectivity index (χ1) is 7.15. The van der Waals surface area contributed by atoms with Gasteiger partial charge in [-0.05, 0) is 13.8 Å². The quantitative estimate of drug-likeness (QED) is 0.737. The van der Waals surface area contributed by atoms with Gasteiger partial charge in [0.15, 0.2) is 0 Å². The third-order valence-corrected chi connectivity index (χ3v) is 2.21. The van der Waals surface area contributed by atoms with E-state index >= 15 is 0 Å². The molecule has 0 saturated heterocycles. The predicted molar refractivity (Wildman–Crippen MR) is 59.8 cm³/mol. The maximum atomic E-state index is 8.56. The Morgan fingerprint density at radius 1 is 1.53 bits per heavy atom. The molecule has 80 valence electrons. The summed E-state index contributed by atoms with van der Waals surface area (Å²) >= 11 is 5.78. The molecule has 0 bridgehead atoms. The van der Waals surface area contributed by atoms with Gasteiger partial charge >= 0.3 is 0 Å². The molecule has 0 N–H and O–H groups in total. The molecular formula is C10H13ClN4. The molecule has 0 radical (unpaired) electrons. The zero-order valence-electron chi connectivity index (χ0n) is 8.81. The maximum Gasteiger partial charge on any atom is 0.134 e. The monoisotopic (exact) mass is 224 g/mol. The maximum absolute atomic E-state index is 8.56. The highest BCUT2D eigenvalue weighted by atomic mass is 35.5. The van der Waals surface area contributed by atoms with E-state index < -0.39 is 0 Å². The van der Waals surface area contributed by atoms with Crippen LogP contribution < -0.4 is 4.90 Å². The molecule has 4 nitrogen and oxygen atoms in total. The number of nitrogens with zero attached hydrogens (tertiary/aromatic N) is 4. The lowest BCUT2D eigenvalue weighted by Gasteiger charge is -2.26. The van der Waals surface area contributed by atoms with Crippen molar-refractivity contribution in [3.63, 3.8) is 0 Å². The molecule has 0 aliphatic rings. The van der Waals surface area contributed by atoms with Crippen molar-refractivity contribution in [2.75, 3.05) is 11.4 Å². The van der Waals surface area contributed by atoms with Crippen molar-refractivity contribution in [2.45, 2.75) is 26.3 Å². The summed E-state index contributed by atoms with van der Waals surface area (Å²) in [7, 11) is 0. The number of rotatable bonds is 4. The number of hydrogen-bond acceptors (Lipinski definition) is 4. The van der Waals surface area contributed by atoms with Gasteiger partial charge in [-0.25, -0.2) is 9.97 Å². The lowest BCUT2D eigenvalue weighted by atomic mass is 10.3. The molecule has 0 aromatic carbocycles. The highest BCUT2D eigenvalue weighted by Crippen LogP contribution is 2.16. The van der Waals surface area contributed by atoms with Crippen LogP contribution in [0.5, 0.6) is 0 Å². The Hall–Kier alpha value is -1.34. The smallest absolute Gasteiger partial charge is 0.134 e. The second-order valence-corrected chi connectivity index (χ2v) is 3.78. The third kappa shape index (κ3) is 3.37. The van der Waals surface area contributed by atoms with Gasteiger partial charge in [0.05, 0.1) is 12.5 Å². The minimum absolute atomic E-state index is 0.282. The van der Waals surface area contributed by atoms with Crippen LogP contribution >= 0.6 is 11.6 Å². The normalized spacial score (nSPS) is 10.1. The van der Waals surface area contributed by atoms with Gasteiger partial charge in [0.1, 0.15) is 17.3 Å². The molecule has 1 aromatic rings. The summed E-state index contributed by atoms with van der Waals surface area (Å²) in [6, 6.07) is 4.11. The van der Waals surface area contributed by atoms with Gasteiger partial charge in [-0.3, -0.25) is 0 Å². The summed E-state index contributed by atoms with van der Waals surface area (Å²) in [5.74, 6) is 0.764. The van der Waals surface area contributed by atoms with Crippen molar-refractivity contribution in [1.29, 1.82) is 5.26 Å². The SMILES string of the molecule is CC(C)N(CCC#N)c1cc(Cl)ncn1. The summed E-state index contributed by atoms with van der Waals surface area (Å²) in [5, 5.41) is 8.98. The molecule has 0 unspecified atom stereocenters. The van der Waals surface area contributed by atoms with Crippen molar-refractivity contribution >= 4 is 17.4 Å². The molecule has 1 rings (SSSR count). The van der Waals surface area contributed by atoms with Crippen LogP contribution in [0.15, 0.2) is 12.4 Å². The Morgan fingerprint density at radius 3 is 2.80 bits per heavy atom. The predicted octanol–water partition coefficient (Wildman–Crippen LogP) is 2.26. The summed E-state index contributed by atoms with van der Waals surface area (Å²) in [6.07, 6.45) is 1.90. The summed E-state index contributed by atoms with van der Waals surface area (Å²) in [6.45, 7) is 4.75. The first-order valence-electron chi connectivity index (χ1n) is 4.76. The van der Waals surface area contributed by atoms with Crippen LogP contribution in [-0.4, -0.2) is 22.6 Å².